The Labute approximate surface area is 89.9 Å². The van der Waals surface area contributed by atoms with Crippen LogP contribution in [0.4, 0.5) is 4.39 Å². The highest BCUT2D eigenvalue weighted by Gasteiger charge is 2.08. The fraction of sp³-hybridized carbons (Fsp3) is 0.500. The largest absolute Gasteiger partial charge is 0.505 e. The maximum Gasteiger partial charge on any atom is 0.165 e. The van der Waals surface area contributed by atoms with Gasteiger partial charge in [0.25, 0.3) is 0 Å². The molecule has 1 atom stereocenters. The molecule has 0 aliphatic heterocycles. The number of phenols is 1. The number of nitrogens with two attached hydrogens (primary N) is 1. The van der Waals surface area contributed by atoms with E-state index in [2.05, 4.69) is 13.8 Å². The van der Waals surface area contributed by atoms with Crippen LogP contribution in [-0.2, 0) is 6.42 Å². The second kappa shape index (κ2) is 5.12. The normalized spacial score (nSPS) is 13.1. The molecule has 1 aromatic carbocycles. The van der Waals surface area contributed by atoms with Crippen LogP contribution in [0.25, 0.3) is 0 Å². The Balaban J connectivity index is 2.60. The van der Waals surface area contributed by atoms with Gasteiger partial charge in [0.05, 0.1) is 0 Å². The van der Waals surface area contributed by atoms with E-state index in [1.165, 1.54) is 12.1 Å². The Bertz CT molecular complexity index is 325. The van der Waals surface area contributed by atoms with Gasteiger partial charge in [-0.15, -0.1) is 0 Å². The average molecular weight is 211 g/mol. The van der Waals surface area contributed by atoms with Crippen molar-refractivity contribution in [2.24, 2.45) is 11.7 Å². The van der Waals surface area contributed by atoms with Crippen LogP contribution in [0, 0.1) is 11.7 Å². The molecule has 2 nitrogen and oxygen atoms in total. The molecule has 1 unspecified atom stereocenters. The molecule has 0 spiro atoms. The Kier molecular flexibility index (Phi) is 4.09. The lowest BCUT2D eigenvalue weighted by molar-refractivity contribution is 0.431. The van der Waals surface area contributed by atoms with Crippen LogP contribution in [0.2, 0.25) is 0 Å². The fourth-order valence-electron chi connectivity index (χ4n) is 1.67. The summed E-state index contributed by atoms with van der Waals surface area (Å²) in [6.07, 6.45) is 1.57. The first kappa shape index (κ1) is 12.0. The van der Waals surface area contributed by atoms with Gasteiger partial charge < -0.3 is 10.8 Å². The van der Waals surface area contributed by atoms with Gasteiger partial charge in [-0.2, -0.15) is 0 Å². The average Bonchev–Trinajstić information content (AvgIpc) is 2.10. The lowest BCUT2D eigenvalue weighted by Crippen LogP contribution is -2.24. The molecule has 0 saturated carbocycles. The van der Waals surface area contributed by atoms with E-state index < -0.39 is 5.82 Å². The molecule has 84 valence electrons. The van der Waals surface area contributed by atoms with Gasteiger partial charge >= 0.3 is 0 Å². The molecular weight excluding hydrogens is 193 g/mol. The standard InChI is InChI=1S/C12H18FNO/c1-8(2)5-10(14)6-9-3-4-12(15)11(13)7-9/h3-4,7-8,10,15H,5-6,14H2,1-2H3. The molecule has 0 radical (unpaired) electrons. The summed E-state index contributed by atoms with van der Waals surface area (Å²) in [6.45, 7) is 4.22. The van der Waals surface area contributed by atoms with Gasteiger partial charge in [-0.3, -0.25) is 0 Å². The van der Waals surface area contributed by atoms with Crippen LogP contribution in [0.5, 0.6) is 5.75 Å². The van der Waals surface area contributed by atoms with Gasteiger partial charge in [0.2, 0.25) is 0 Å². The third-order valence-electron chi connectivity index (χ3n) is 2.28. The molecule has 3 N–H and O–H groups in total. The van der Waals surface area contributed by atoms with Gasteiger partial charge in [-0.05, 0) is 36.5 Å². The van der Waals surface area contributed by atoms with Crippen molar-refractivity contribution in [3.63, 3.8) is 0 Å². The molecule has 0 saturated heterocycles. The third kappa shape index (κ3) is 3.88. The van der Waals surface area contributed by atoms with Crippen molar-refractivity contribution in [2.75, 3.05) is 0 Å². The van der Waals surface area contributed by atoms with E-state index in [0.29, 0.717) is 12.3 Å². The van der Waals surface area contributed by atoms with Crippen LogP contribution in [0.1, 0.15) is 25.8 Å². The molecule has 0 heterocycles. The summed E-state index contributed by atoms with van der Waals surface area (Å²) in [5.41, 5.74) is 6.74. The molecule has 0 aliphatic rings. The van der Waals surface area contributed by atoms with Crippen molar-refractivity contribution < 1.29 is 9.50 Å². The molecule has 1 aromatic rings. The number of aromatic hydroxyl groups is 1. The smallest absolute Gasteiger partial charge is 0.165 e. The Morgan fingerprint density at radius 3 is 2.60 bits per heavy atom. The zero-order valence-corrected chi connectivity index (χ0v) is 9.20. The second-order valence-electron chi connectivity index (χ2n) is 4.38. The Morgan fingerprint density at radius 1 is 1.40 bits per heavy atom. The number of rotatable bonds is 4. The highest BCUT2D eigenvalue weighted by Crippen LogP contribution is 2.17. The Hall–Kier alpha value is -1.09. The van der Waals surface area contributed by atoms with E-state index in [1.54, 1.807) is 6.07 Å². The van der Waals surface area contributed by atoms with Crippen molar-refractivity contribution in [3.05, 3.63) is 29.6 Å². The van der Waals surface area contributed by atoms with Crippen LogP contribution in [0.15, 0.2) is 18.2 Å². The van der Waals surface area contributed by atoms with E-state index in [0.717, 1.165) is 12.0 Å². The van der Waals surface area contributed by atoms with Crippen LogP contribution < -0.4 is 5.73 Å². The van der Waals surface area contributed by atoms with Crippen LogP contribution >= 0.6 is 0 Å². The summed E-state index contributed by atoms with van der Waals surface area (Å²) >= 11 is 0. The molecule has 3 heteroatoms. The van der Waals surface area contributed by atoms with Gasteiger partial charge in [-0.25, -0.2) is 4.39 Å². The van der Waals surface area contributed by atoms with Gasteiger partial charge in [0.1, 0.15) is 0 Å². The SMILES string of the molecule is CC(C)CC(N)Cc1ccc(O)c(F)c1. The van der Waals surface area contributed by atoms with E-state index >= 15 is 0 Å². The first-order chi connectivity index (χ1) is 6.99. The Morgan fingerprint density at radius 2 is 2.07 bits per heavy atom. The second-order valence-corrected chi connectivity index (χ2v) is 4.38. The minimum absolute atomic E-state index is 0.0499. The lowest BCUT2D eigenvalue weighted by Gasteiger charge is -2.14. The van der Waals surface area contributed by atoms with Crippen molar-refractivity contribution in [1.82, 2.24) is 0 Å². The quantitative estimate of drug-likeness (QED) is 0.803. The highest BCUT2D eigenvalue weighted by atomic mass is 19.1. The zero-order valence-electron chi connectivity index (χ0n) is 9.20. The third-order valence-corrected chi connectivity index (χ3v) is 2.28. The number of phenolic OH excluding ortho intramolecular Hbond substituents is 1. The zero-order chi connectivity index (χ0) is 11.4. The van der Waals surface area contributed by atoms with E-state index in [9.17, 15) is 4.39 Å². The highest BCUT2D eigenvalue weighted by molar-refractivity contribution is 5.28. The molecular formula is C12H18FNO. The van der Waals surface area contributed by atoms with Crippen molar-refractivity contribution >= 4 is 0 Å². The summed E-state index contributed by atoms with van der Waals surface area (Å²) in [4.78, 5) is 0. The van der Waals surface area contributed by atoms with Crippen molar-refractivity contribution in [2.45, 2.75) is 32.7 Å². The predicted octanol–water partition coefficient (Wildman–Crippen LogP) is 2.45. The van der Waals surface area contributed by atoms with E-state index in [-0.39, 0.29) is 11.8 Å². The number of benzene rings is 1. The predicted molar refractivity (Wildman–Crippen MR) is 59.2 cm³/mol. The molecule has 0 bridgehead atoms. The minimum Gasteiger partial charge on any atom is -0.505 e. The molecule has 15 heavy (non-hydrogen) atoms. The summed E-state index contributed by atoms with van der Waals surface area (Å²) < 4.78 is 13.0. The topological polar surface area (TPSA) is 46.2 Å². The van der Waals surface area contributed by atoms with Gasteiger partial charge in [0.15, 0.2) is 11.6 Å². The first-order valence-electron chi connectivity index (χ1n) is 5.22. The minimum atomic E-state index is -0.579. The summed E-state index contributed by atoms with van der Waals surface area (Å²) in [6, 6.07) is 4.47. The van der Waals surface area contributed by atoms with E-state index in [4.69, 9.17) is 10.8 Å². The van der Waals surface area contributed by atoms with Crippen LogP contribution in [0.3, 0.4) is 0 Å². The molecule has 1 rings (SSSR count). The lowest BCUT2D eigenvalue weighted by atomic mass is 9.98. The van der Waals surface area contributed by atoms with Crippen molar-refractivity contribution in [3.8, 4) is 5.75 Å². The molecule has 0 aliphatic carbocycles. The van der Waals surface area contributed by atoms with Crippen molar-refractivity contribution in [1.29, 1.82) is 0 Å². The molecule has 0 aromatic heterocycles. The summed E-state index contributed by atoms with van der Waals surface area (Å²) in [5.74, 6) is -0.345. The summed E-state index contributed by atoms with van der Waals surface area (Å²) in [5, 5.41) is 9.02. The van der Waals surface area contributed by atoms with E-state index in [1.807, 2.05) is 0 Å². The van der Waals surface area contributed by atoms with Crippen LogP contribution in [-0.4, -0.2) is 11.1 Å². The molecule has 0 amide bonds. The fourth-order valence-corrected chi connectivity index (χ4v) is 1.67. The maximum atomic E-state index is 13.0. The van der Waals surface area contributed by atoms with Gasteiger partial charge in [-0.1, -0.05) is 19.9 Å². The number of hydrogen-bond donors (Lipinski definition) is 2. The maximum absolute atomic E-state index is 13.0. The number of hydrogen-bond acceptors (Lipinski definition) is 2. The first-order valence-corrected chi connectivity index (χ1v) is 5.22. The molecule has 0 fully saturated rings. The van der Waals surface area contributed by atoms with Gasteiger partial charge in [0, 0.05) is 6.04 Å². The monoisotopic (exact) mass is 211 g/mol. The summed E-state index contributed by atoms with van der Waals surface area (Å²) in [7, 11) is 0. The number of halogens is 1.